The Kier molecular flexibility index (Phi) is 4.64. The molecule has 0 heterocycles. The van der Waals surface area contributed by atoms with E-state index >= 15 is 0 Å². The number of halogens is 1. The minimum atomic E-state index is -1.27. The first kappa shape index (κ1) is 15.5. The number of hydrogen-bond donors (Lipinski definition) is 2. The third-order valence-corrected chi connectivity index (χ3v) is 3.90. The summed E-state index contributed by atoms with van der Waals surface area (Å²) < 4.78 is 5.34. The van der Waals surface area contributed by atoms with Crippen LogP contribution in [0.1, 0.15) is 29.6 Å². The molecule has 1 aliphatic carbocycles. The first-order chi connectivity index (χ1) is 9.93. The van der Waals surface area contributed by atoms with E-state index in [1.807, 2.05) is 0 Å². The number of aromatic carboxylic acids is 1. The van der Waals surface area contributed by atoms with Gasteiger partial charge in [0.1, 0.15) is 0 Å². The molecule has 1 aromatic rings. The molecular formula is C13H15ClN2O5. The second kappa shape index (κ2) is 6.28. The Balaban J connectivity index is 2.38. The number of carboxylic acid groups (broad SMARTS) is 1. The van der Waals surface area contributed by atoms with E-state index in [1.54, 1.807) is 7.11 Å². The third-order valence-electron chi connectivity index (χ3n) is 3.60. The van der Waals surface area contributed by atoms with Crippen molar-refractivity contribution in [1.29, 1.82) is 0 Å². The summed E-state index contributed by atoms with van der Waals surface area (Å²) >= 11 is 6.02. The van der Waals surface area contributed by atoms with E-state index in [9.17, 15) is 20.0 Å². The number of ether oxygens (including phenoxy) is 1. The highest BCUT2D eigenvalue weighted by molar-refractivity contribution is 6.34. The Hall–Kier alpha value is -1.86. The molecule has 2 unspecified atom stereocenters. The lowest BCUT2D eigenvalue weighted by Gasteiger charge is -2.22. The van der Waals surface area contributed by atoms with Crippen LogP contribution in [-0.2, 0) is 4.74 Å². The molecule has 1 aromatic carbocycles. The van der Waals surface area contributed by atoms with Crippen LogP contribution in [0.4, 0.5) is 11.4 Å². The molecule has 2 N–H and O–H groups in total. The van der Waals surface area contributed by atoms with E-state index in [-0.39, 0.29) is 34.1 Å². The third kappa shape index (κ3) is 3.25. The lowest BCUT2D eigenvalue weighted by Crippen LogP contribution is -2.30. The Morgan fingerprint density at radius 3 is 2.81 bits per heavy atom. The summed E-state index contributed by atoms with van der Waals surface area (Å²) in [6.45, 7) is 0. The van der Waals surface area contributed by atoms with Crippen LogP contribution in [-0.4, -0.2) is 35.3 Å². The van der Waals surface area contributed by atoms with Crippen molar-refractivity contribution in [2.45, 2.75) is 31.4 Å². The molecule has 0 spiro atoms. The maximum Gasteiger partial charge on any atom is 0.338 e. The quantitative estimate of drug-likeness (QED) is 0.640. The minimum absolute atomic E-state index is 0.0170. The Labute approximate surface area is 126 Å². The molecule has 21 heavy (non-hydrogen) atoms. The summed E-state index contributed by atoms with van der Waals surface area (Å²) in [5.74, 6) is -1.27. The van der Waals surface area contributed by atoms with Gasteiger partial charge in [-0.1, -0.05) is 11.6 Å². The van der Waals surface area contributed by atoms with Crippen molar-refractivity contribution in [2.75, 3.05) is 12.4 Å². The second-order valence-corrected chi connectivity index (χ2v) is 5.28. The number of methoxy groups -OCH3 is 1. The number of carboxylic acids is 1. The van der Waals surface area contributed by atoms with Gasteiger partial charge >= 0.3 is 5.97 Å². The van der Waals surface area contributed by atoms with Crippen molar-refractivity contribution in [3.63, 3.8) is 0 Å². The van der Waals surface area contributed by atoms with Gasteiger partial charge in [0.05, 0.1) is 33.3 Å². The molecule has 8 heteroatoms. The number of nitro groups is 1. The summed E-state index contributed by atoms with van der Waals surface area (Å²) in [6, 6.07) is 2.09. The fraction of sp³-hybridized carbons (Fsp3) is 0.462. The van der Waals surface area contributed by atoms with Crippen molar-refractivity contribution < 1.29 is 19.6 Å². The lowest BCUT2D eigenvalue weighted by atomic mass is 10.1. The van der Waals surface area contributed by atoms with E-state index in [0.717, 1.165) is 31.4 Å². The SMILES string of the molecule is COC1CCCC1Nc1c(Cl)cc([N+](=O)[O-])cc1C(=O)O. The molecule has 0 bridgehead atoms. The molecule has 0 saturated heterocycles. The Morgan fingerprint density at radius 1 is 1.52 bits per heavy atom. The molecule has 0 amide bonds. The first-order valence-corrected chi connectivity index (χ1v) is 6.82. The standard InChI is InChI=1S/C13H15ClN2O5/c1-21-11-4-2-3-10(11)15-12-8(13(17)18)5-7(16(19)20)6-9(12)14/h5-6,10-11,15H,2-4H2,1H3,(H,17,18). The zero-order chi connectivity index (χ0) is 15.6. The van der Waals surface area contributed by atoms with Gasteiger partial charge in [-0.05, 0) is 19.3 Å². The number of non-ortho nitro benzene ring substituents is 1. The van der Waals surface area contributed by atoms with Gasteiger partial charge in [-0.2, -0.15) is 0 Å². The highest BCUT2D eigenvalue weighted by atomic mass is 35.5. The van der Waals surface area contributed by atoms with Crippen LogP contribution >= 0.6 is 11.6 Å². The van der Waals surface area contributed by atoms with E-state index in [0.29, 0.717) is 0 Å². The van der Waals surface area contributed by atoms with Gasteiger partial charge in [-0.15, -0.1) is 0 Å². The zero-order valence-corrected chi connectivity index (χ0v) is 12.1. The summed E-state index contributed by atoms with van der Waals surface area (Å²) in [5.41, 5.74) is -0.364. The van der Waals surface area contributed by atoms with Gasteiger partial charge in [0, 0.05) is 19.2 Å². The summed E-state index contributed by atoms with van der Waals surface area (Å²) in [5, 5.41) is 23.1. The number of nitro benzene ring substituents is 1. The van der Waals surface area contributed by atoms with Crippen molar-refractivity contribution in [3.05, 3.63) is 32.8 Å². The van der Waals surface area contributed by atoms with E-state index in [4.69, 9.17) is 16.3 Å². The summed E-state index contributed by atoms with van der Waals surface area (Å²) in [7, 11) is 1.60. The Morgan fingerprint density at radius 2 is 2.24 bits per heavy atom. The molecule has 0 aliphatic heterocycles. The molecule has 1 saturated carbocycles. The van der Waals surface area contributed by atoms with Gasteiger partial charge in [0.25, 0.3) is 5.69 Å². The number of benzene rings is 1. The van der Waals surface area contributed by atoms with E-state index < -0.39 is 10.9 Å². The van der Waals surface area contributed by atoms with Crippen LogP contribution in [0.2, 0.25) is 5.02 Å². The van der Waals surface area contributed by atoms with Gasteiger partial charge < -0.3 is 15.2 Å². The van der Waals surface area contributed by atoms with Crippen LogP contribution in [0.5, 0.6) is 0 Å². The average Bonchev–Trinajstić information content (AvgIpc) is 2.87. The molecule has 1 aliphatic rings. The van der Waals surface area contributed by atoms with Gasteiger partial charge in [0.15, 0.2) is 0 Å². The first-order valence-electron chi connectivity index (χ1n) is 6.44. The fourth-order valence-electron chi connectivity index (χ4n) is 2.57. The van der Waals surface area contributed by atoms with Gasteiger partial charge in [-0.3, -0.25) is 10.1 Å². The van der Waals surface area contributed by atoms with Crippen molar-refractivity contribution in [3.8, 4) is 0 Å². The van der Waals surface area contributed by atoms with Crippen molar-refractivity contribution in [1.82, 2.24) is 0 Å². The van der Waals surface area contributed by atoms with Crippen molar-refractivity contribution >= 4 is 28.9 Å². The van der Waals surface area contributed by atoms with Crippen LogP contribution in [0.3, 0.4) is 0 Å². The van der Waals surface area contributed by atoms with Crippen molar-refractivity contribution in [2.24, 2.45) is 0 Å². The molecule has 7 nitrogen and oxygen atoms in total. The molecule has 2 rings (SSSR count). The average molecular weight is 315 g/mol. The highest BCUT2D eigenvalue weighted by Crippen LogP contribution is 2.34. The zero-order valence-electron chi connectivity index (χ0n) is 11.3. The highest BCUT2D eigenvalue weighted by Gasteiger charge is 2.29. The van der Waals surface area contributed by atoms with Gasteiger partial charge in [-0.25, -0.2) is 4.79 Å². The maximum absolute atomic E-state index is 11.3. The minimum Gasteiger partial charge on any atom is -0.478 e. The maximum atomic E-state index is 11.3. The summed E-state index contributed by atoms with van der Waals surface area (Å²) in [4.78, 5) is 21.4. The van der Waals surface area contributed by atoms with Crippen LogP contribution in [0.25, 0.3) is 0 Å². The topological polar surface area (TPSA) is 102 Å². The van der Waals surface area contributed by atoms with E-state index in [1.165, 1.54) is 0 Å². The largest absolute Gasteiger partial charge is 0.478 e. The van der Waals surface area contributed by atoms with Crippen LogP contribution in [0, 0.1) is 10.1 Å². The number of hydrogen-bond acceptors (Lipinski definition) is 5. The second-order valence-electron chi connectivity index (χ2n) is 4.87. The number of anilines is 1. The Bertz CT molecular complexity index is 578. The van der Waals surface area contributed by atoms with Gasteiger partial charge in [0.2, 0.25) is 0 Å². The number of carbonyl (C=O) groups is 1. The smallest absolute Gasteiger partial charge is 0.338 e. The fourth-order valence-corrected chi connectivity index (χ4v) is 2.84. The molecule has 2 atom stereocenters. The number of rotatable bonds is 5. The molecule has 114 valence electrons. The molecule has 0 radical (unpaired) electrons. The predicted octanol–water partition coefficient (Wildman–Crippen LogP) is 2.93. The number of nitrogens with zero attached hydrogens (tertiary/aromatic N) is 1. The van der Waals surface area contributed by atoms with Crippen LogP contribution in [0.15, 0.2) is 12.1 Å². The lowest BCUT2D eigenvalue weighted by molar-refractivity contribution is -0.384. The van der Waals surface area contributed by atoms with Crippen LogP contribution < -0.4 is 5.32 Å². The monoisotopic (exact) mass is 314 g/mol. The molecule has 1 fully saturated rings. The molecular weight excluding hydrogens is 300 g/mol. The molecule has 0 aromatic heterocycles. The van der Waals surface area contributed by atoms with E-state index in [2.05, 4.69) is 5.32 Å². The normalized spacial score (nSPS) is 21.2. The summed E-state index contributed by atoms with van der Waals surface area (Å²) in [6.07, 6.45) is 2.63. The number of nitrogens with one attached hydrogen (secondary N) is 1. The predicted molar refractivity (Wildman–Crippen MR) is 77.1 cm³/mol.